The molecule has 2 rings (SSSR count). The monoisotopic (exact) mass is 262 g/mol. The maximum atomic E-state index is 12.0. The number of rotatable bonds is 3. The molecule has 3 nitrogen and oxygen atoms in total. The molecule has 0 spiro atoms. The van der Waals surface area contributed by atoms with Crippen LogP contribution in [0.4, 0.5) is 0 Å². The second-order valence-corrected chi connectivity index (χ2v) is 5.37. The van der Waals surface area contributed by atoms with Gasteiger partial charge in [0.1, 0.15) is 0 Å². The third kappa shape index (κ3) is 2.81. The Balaban J connectivity index is 2.36. The van der Waals surface area contributed by atoms with E-state index in [1.54, 1.807) is 13.8 Å². The van der Waals surface area contributed by atoms with Gasteiger partial charge >= 0.3 is 5.97 Å². The third-order valence-electron chi connectivity index (χ3n) is 3.99. The van der Waals surface area contributed by atoms with Crippen molar-refractivity contribution in [2.45, 2.75) is 51.0 Å². The number of hydrogen-bond acceptors (Lipinski definition) is 3. The number of ether oxygens (including phenoxy) is 1. The van der Waals surface area contributed by atoms with Crippen LogP contribution in [0.15, 0.2) is 24.3 Å². The number of hydrogen-bond donors (Lipinski definition) is 1. The topological polar surface area (TPSA) is 46.5 Å². The van der Waals surface area contributed by atoms with Gasteiger partial charge < -0.3 is 9.84 Å². The summed E-state index contributed by atoms with van der Waals surface area (Å²) in [5, 5.41) is 10.6. The lowest BCUT2D eigenvalue weighted by atomic mass is 9.79. The van der Waals surface area contributed by atoms with E-state index in [-0.39, 0.29) is 5.92 Å². The minimum absolute atomic E-state index is 0.176. The number of benzene rings is 1. The molecular formula is C16H22O3. The van der Waals surface area contributed by atoms with E-state index in [9.17, 15) is 9.90 Å². The smallest absolute Gasteiger partial charge is 0.338 e. The zero-order chi connectivity index (χ0) is 13.9. The Morgan fingerprint density at radius 1 is 1.42 bits per heavy atom. The maximum Gasteiger partial charge on any atom is 0.338 e. The van der Waals surface area contributed by atoms with E-state index in [1.165, 1.54) is 5.56 Å². The largest absolute Gasteiger partial charge is 0.464 e. The summed E-state index contributed by atoms with van der Waals surface area (Å²) in [5.74, 6) is -0.693. The highest BCUT2D eigenvalue weighted by atomic mass is 16.5. The highest BCUT2D eigenvalue weighted by Gasteiger charge is 2.42. The van der Waals surface area contributed by atoms with Crippen molar-refractivity contribution in [1.29, 1.82) is 0 Å². The molecule has 0 amide bonds. The maximum absolute atomic E-state index is 12.0. The summed E-state index contributed by atoms with van der Waals surface area (Å²) in [7, 11) is 0. The Labute approximate surface area is 114 Å². The summed E-state index contributed by atoms with van der Waals surface area (Å²) in [6.07, 6.45) is 3.97. The molecular weight excluding hydrogens is 240 g/mol. The molecule has 1 N–H and O–H groups in total. The zero-order valence-electron chi connectivity index (χ0n) is 11.7. The molecule has 19 heavy (non-hydrogen) atoms. The Kier molecular flexibility index (Phi) is 4.25. The lowest BCUT2D eigenvalue weighted by Gasteiger charge is -2.31. The number of aryl methyl sites for hydroxylation is 1. The van der Waals surface area contributed by atoms with Crippen LogP contribution in [0, 0.1) is 0 Å². The van der Waals surface area contributed by atoms with Crippen molar-refractivity contribution in [3.63, 3.8) is 0 Å². The van der Waals surface area contributed by atoms with Gasteiger partial charge in [0.25, 0.3) is 0 Å². The molecule has 0 radical (unpaired) electrons. The molecule has 1 aromatic rings. The van der Waals surface area contributed by atoms with Gasteiger partial charge in [-0.1, -0.05) is 30.7 Å². The summed E-state index contributed by atoms with van der Waals surface area (Å²) in [6.45, 7) is 3.64. The lowest BCUT2D eigenvalue weighted by molar-refractivity contribution is -0.165. The van der Waals surface area contributed by atoms with E-state index in [2.05, 4.69) is 6.07 Å². The van der Waals surface area contributed by atoms with Crippen LogP contribution in [0.1, 0.15) is 50.2 Å². The first-order valence-corrected chi connectivity index (χ1v) is 7.04. The number of carbonyl (C=O) groups is 1. The zero-order valence-corrected chi connectivity index (χ0v) is 11.7. The van der Waals surface area contributed by atoms with Gasteiger partial charge in [0.2, 0.25) is 0 Å². The molecule has 1 aliphatic rings. The van der Waals surface area contributed by atoms with E-state index < -0.39 is 11.6 Å². The highest BCUT2D eigenvalue weighted by Crippen LogP contribution is 2.38. The number of aliphatic hydroxyl groups is 1. The molecule has 0 heterocycles. The van der Waals surface area contributed by atoms with Crippen molar-refractivity contribution in [2.24, 2.45) is 0 Å². The van der Waals surface area contributed by atoms with Gasteiger partial charge in [-0.05, 0) is 44.2 Å². The quantitative estimate of drug-likeness (QED) is 0.673. The van der Waals surface area contributed by atoms with Gasteiger partial charge in [0.05, 0.1) is 6.61 Å². The van der Waals surface area contributed by atoms with Gasteiger partial charge in [-0.2, -0.15) is 0 Å². The fourth-order valence-corrected chi connectivity index (χ4v) is 2.92. The summed E-state index contributed by atoms with van der Waals surface area (Å²) in [6, 6.07) is 8.10. The van der Waals surface area contributed by atoms with Gasteiger partial charge in [-0.25, -0.2) is 4.79 Å². The van der Waals surface area contributed by atoms with Crippen LogP contribution in [0.25, 0.3) is 0 Å². The van der Waals surface area contributed by atoms with Crippen molar-refractivity contribution in [2.75, 3.05) is 6.61 Å². The number of fused-ring (bicyclic) bond motifs is 1. The first-order chi connectivity index (χ1) is 9.07. The fraction of sp³-hybridized carbons (Fsp3) is 0.562. The van der Waals surface area contributed by atoms with Gasteiger partial charge in [-0.15, -0.1) is 0 Å². The minimum Gasteiger partial charge on any atom is -0.464 e. The second kappa shape index (κ2) is 5.74. The summed E-state index contributed by atoms with van der Waals surface area (Å²) >= 11 is 0. The van der Waals surface area contributed by atoms with Gasteiger partial charge in [-0.3, -0.25) is 0 Å². The number of carbonyl (C=O) groups excluding carboxylic acids is 1. The molecule has 1 aromatic carbocycles. The van der Waals surface area contributed by atoms with Crippen molar-refractivity contribution >= 4 is 5.97 Å². The summed E-state index contributed by atoms with van der Waals surface area (Å²) in [4.78, 5) is 12.0. The molecule has 0 aromatic heterocycles. The molecule has 0 saturated heterocycles. The first kappa shape index (κ1) is 14.1. The van der Waals surface area contributed by atoms with Crippen molar-refractivity contribution in [1.82, 2.24) is 0 Å². The first-order valence-electron chi connectivity index (χ1n) is 7.04. The van der Waals surface area contributed by atoms with E-state index in [1.807, 2.05) is 18.2 Å². The molecule has 3 heteroatoms. The normalized spacial score (nSPS) is 21.9. The Morgan fingerprint density at radius 3 is 2.89 bits per heavy atom. The van der Waals surface area contributed by atoms with E-state index >= 15 is 0 Å². The van der Waals surface area contributed by atoms with Gasteiger partial charge in [0, 0.05) is 5.92 Å². The van der Waals surface area contributed by atoms with E-state index in [0.29, 0.717) is 6.61 Å². The van der Waals surface area contributed by atoms with Crippen LogP contribution >= 0.6 is 0 Å². The third-order valence-corrected chi connectivity index (χ3v) is 3.99. The van der Waals surface area contributed by atoms with E-state index in [0.717, 1.165) is 31.2 Å². The Morgan fingerprint density at radius 2 is 2.16 bits per heavy atom. The van der Waals surface area contributed by atoms with Crippen LogP contribution in [0.3, 0.4) is 0 Å². The summed E-state index contributed by atoms with van der Waals surface area (Å²) < 4.78 is 5.03. The molecule has 0 fully saturated rings. The lowest BCUT2D eigenvalue weighted by Crippen LogP contribution is -2.43. The van der Waals surface area contributed by atoms with E-state index in [4.69, 9.17) is 4.74 Å². The molecule has 0 saturated carbocycles. The minimum atomic E-state index is -1.45. The van der Waals surface area contributed by atoms with Crippen molar-refractivity contribution in [3.8, 4) is 0 Å². The highest BCUT2D eigenvalue weighted by molar-refractivity contribution is 5.80. The second-order valence-electron chi connectivity index (χ2n) is 5.37. The molecule has 2 unspecified atom stereocenters. The predicted molar refractivity (Wildman–Crippen MR) is 74.0 cm³/mol. The van der Waals surface area contributed by atoms with Gasteiger partial charge in [0.15, 0.2) is 5.60 Å². The van der Waals surface area contributed by atoms with Crippen molar-refractivity contribution in [3.05, 3.63) is 35.4 Å². The Bertz CT molecular complexity index is 451. The van der Waals surface area contributed by atoms with Crippen LogP contribution < -0.4 is 0 Å². The molecule has 2 atom stereocenters. The van der Waals surface area contributed by atoms with Crippen LogP contribution in [-0.2, 0) is 16.0 Å². The average molecular weight is 262 g/mol. The SMILES string of the molecule is CCOC(=O)C(C)(O)C1CCCCc2ccccc21. The summed E-state index contributed by atoms with van der Waals surface area (Å²) in [5.41, 5.74) is 0.892. The van der Waals surface area contributed by atoms with Crippen molar-refractivity contribution < 1.29 is 14.6 Å². The Hall–Kier alpha value is -1.35. The molecule has 0 bridgehead atoms. The molecule has 1 aliphatic carbocycles. The number of esters is 1. The predicted octanol–water partition coefficient (Wildman–Crippen LogP) is 2.81. The standard InChI is InChI=1S/C16H22O3/c1-3-19-15(17)16(2,18)14-11-7-5-9-12-8-4-6-10-13(12)14/h4,6,8,10,14,18H,3,5,7,9,11H2,1-2H3. The molecule has 0 aliphatic heterocycles. The van der Waals surface area contributed by atoms with Crippen LogP contribution in [0.2, 0.25) is 0 Å². The van der Waals surface area contributed by atoms with Crippen LogP contribution in [-0.4, -0.2) is 23.3 Å². The fourth-order valence-electron chi connectivity index (χ4n) is 2.92. The average Bonchev–Trinajstić information content (AvgIpc) is 2.61. The molecule has 104 valence electrons. The van der Waals surface area contributed by atoms with Crippen LogP contribution in [0.5, 0.6) is 0 Å².